The smallest absolute Gasteiger partial charge is 0.252 e. The van der Waals surface area contributed by atoms with E-state index >= 15 is 0 Å². The Balaban J connectivity index is 1.31. The number of amides is 1. The number of carbonyl (C=O) groups is 1. The molecule has 0 spiro atoms. The highest BCUT2D eigenvalue weighted by Crippen LogP contribution is 2.63. The molecule has 1 amide bonds. The third kappa shape index (κ3) is 4.47. The van der Waals surface area contributed by atoms with Gasteiger partial charge in [-0.2, -0.15) is 0 Å². The number of aliphatic hydroxyl groups excluding tert-OH is 3. The van der Waals surface area contributed by atoms with E-state index in [0.717, 1.165) is 70.8 Å². The molecule has 7 nitrogen and oxygen atoms in total. The molecule has 5 rings (SSSR count). The molecule has 0 bridgehead atoms. The molecule has 35 heavy (non-hydrogen) atoms. The molecule has 0 radical (unpaired) electrons. The molecular weight excluding hydrogens is 446 g/mol. The first kappa shape index (κ1) is 25.9. The predicted octanol–water partition coefficient (Wildman–Crippen LogP) is 2.89. The number of rotatable bonds is 5. The van der Waals surface area contributed by atoms with Crippen molar-refractivity contribution in [1.29, 1.82) is 0 Å². The molecule has 7 heteroatoms. The Morgan fingerprint density at radius 2 is 1.86 bits per heavy atom. The summed E-state index contributed by atoms with van der Waals surface area (Å²) in [6.07, 6.45) is 9.42. The van der Waals surface area contributed by atoms with E-state index < -0.39 is 12.2 Å². The highest BCUT2D eigenvalue weighted by atomic mass is 16.5. The van der Waals surface area contributed by atoms with E-state index in [1.165, 1.54) is 6.42 Å². The lowest BCUT2D eigenvalue weighted by Gasteiger charge is -2.65. The average molecular weight is 494 g/mol. The largest absolute Gasteiger partial charge is 0.394 e. The van der Waals surface area contributed by atoms with Crippen LogP contribution in [0.25, 0.3) is 0 Å². The van der Waals surface area contributed by atoms with E-state index in [9.17, 15) is 15.0 Å². The van der Waals surface area contributed by atoms with Gasteiger partial charge in [0.05, 0.1) is 25.4 Å². The Bertz CT molecular complexity index is 758. The van der Waals surface area contributed by atoms with E-state index in [0.29, 0.717) is 24.4 Å². The van der Waals surface area contributed by atoms with E-state index in [1.54, 1.807) is 0 Å². The number of nitrogens with zero attached hydrogens (tertiary/aromatic N) is 1. The fraction of sp³-hybridized carbons (Fsp3) is 0.964. The first-order chi connectivity index (χ1) is 16.8. The van der Waals surface area contributed by atoms with Gasteiger partial charge in [0, 0.05) is 18.7 Å². The van der Waals surface area contributed by atoms with Crippen molar-refractivity contribution in [2.45, 2.75) is 114 Å². The van der Waals surface area contributed by atoms with E-state index in [1.807, 2.05) is 0 Å². The SMILES string of the molecule is C[C@]12CC[C@H](OC[C@H](O)CO)[C@H](O)C1CC[C@@H]1[C@@H]2CC[C@@]2(C)[C@H]1CCCN2C(=O)C1CCCCO1. The topological polar surface area (TPSA) is 99.5 Å². The first-order valence-corrected chi connectivity index (χ1v) is 14.3. The van der Waals surface area contributed by atoms with Gasteiger partial charge >= 0.3 is 0 Å². The number of fused-ring (bicyclic) bond motifs is 5. The molecule has 2 saturated heterocycles. The van der Waals surface area contributed by atoms with Crippen LogP contribution < -0.4 is 0 Å². The van der Waals surface area contributed by atoms with Gasteiger partial charge in [0.2, 0.25) is 0 Å². The highest BCUT2D eigenvalue weighted by Gasteiger charge is 2.61. The molecule has 0 aromatic carbocycles. The minimum absolute atomic E-state index is 0.0721. The van der Waals surface area contributed by atoms with Crippen LogP contribution in [-0.2, 0) is 14.3 Å². The van der Waals surface area contributed by atoms with Crippen LogP contribution in [-0.4, -0.2) is 82.4 Å². The van der Waals surface area contributed by atoms with Crippen molar-refractivity contribution in [2.24, 2.45) is 29.1 Å². The fourth-order valence-corrected chi connectivity index (χ4v) is 9.13. The van der Waals surface area contributed by atoms with Crippen LogP contribution in [0, 0.1) is 29.1 Å². The van der Waals surface area contributed by atoms with Crippen molar-refractivity contribution >= 4 is 5.91 Å². The van der Waals surface area contributed by atoms with Gasteiger partial charge in [-0.05, 0) is 107 Å². The van der Waals surface area contributed by atoms with Gasteiger partial charge in [-0.3, -0.25) is 4.79 Å². The minimum atomic E-state index is -0.891. The third-order valence-electron chi connectivity index (χ3n) is 11.0. The molecule has 3 saturated carbocycles. The molecule has 2 unspecified atom stereocenters. The zero-order valence-electron chi connectivity index (χ0n) is 21.7. The molecule has 0 aromatic heterocycles. The lowest BCUT2D eigenvalue weighted by molar-refractivity contribution is -0.200. The number of hydrogen-bond acceptors (Lipinski definition) is 6. The normalized spacial score (nSPS) is 46.8. The summed E-state index contributed by atoms with van der Waals surface area (Å²) in [5.41, 5.74) is -0.00223. The monoisotopic (exact) mass is 493 g/mol. The Morgan fingerprint density at radius 3 is 2.60 bits per heavy atom. The number of ether oxygens (including phenoxy) is 2. The van der Waals surface area contributed by atoms with Crippen LogP contribution >= 0.6 is 0 Å². The molecule has 5 aliphatic rings. The summed E-state index contributed by atoms with van der Waals surface area (Å²) in [5, 5.41) is 30.1. The number of piperidine rings is 1. The van der Waals surface area contributed by atoms with Crippen molar-refractivity contribution in [3.05, 3.63) is 0 Å². The van der Waals surface area contributed by atoms with Crippen molar-refractivity contribution < 1.29 is 29.6 Å². The van der Waals surface area contributed by atoms with Crippen LogP contribution in [0.15, 0.2) is 0 Å². The number of likely N-dealkylation sites (tertiary alicyclic amines) is 1. The van der Waals surface area contributed by atoms with E-state index in [4.69, 9.17) is 14.6 Å². The Morgan fingerprint density at radius 1 is 1.03 bits per heavy atom. The maximum Gasteiger partial charge on any atom is 0.252 e. The Kier molecular flexibility index (Phi) is 7.55. The maximum absolute atomic E-state index is 13.6. The van der Waals surface area contributed by atoms with Gasteiger partial charge in [0.1, 0.15) is 12.2 Å². The van der Waals surface area contributed by atoms with Gasteiger partial charge in [0.15, 0.2) is 0 Å². The van der Waals surface area contributed by atoms with Gasteiger partial charge in [-0.25, -0.2) is 0 Å². The first-order valence-electron chi connectivity index (χ1n) is 14.3. The molecule has 10 atom stereocenters. The molecule has 0 aromatic rings. The van der Waals surface area contributed by atoms with Crippen LogP contribution in [0.1, 0.15) is 84.5 Å². The second-order valence-corrected chi connectivity index (χ2v) is 12.7. The van der Waals surface area contributed by atoms with Gasteiger partial charge < -0.3 is 29.7 Å². The summed E-state index contributed by atoms with van der Waals surface area (Å²) in [6, 6.07) is 0. The molecule has 200 valence electrons. The molecule has 5 fully saturated rings. The zero-order valence-corrected chi connectivity index (χ0v) is 21.7. The number of carbonyl (C=O) groups excluding carboxylic acids is 1. The molecule has 2 heterocycles. The van der Waals surface area contributed by atoms with Gasteiger partial charge in [-0.15, -0.1) is 0 Å². The summed E-state index contributed by atoms with van der Waals surface area (Å²) in [5.74, 6) is 2.12. The summed E-state index contributed by atoms with van der Waals surface area (Å²) in [6.45, 7) is 6.08. The van der Waals surface area contributed by atoms with Gasteiger partial charge in [0.25, 0.3) is 5.91 Å². The molecule has 2 aliphatic heterocycles. The lowest BCUT2D eigenvalue weighted by Crippen LogP contribution is -2.67. The average Bonchev–Trinajstić information content (AvgIpc) is 2.87. The Hall–Kier alpha value is -0.730. The summed E-state index contributed by atoms with van der Waals surface area (Å²) >= 11 is 0. The van der Waals surface area contributed by atoms with Crippen LogP contribution in [0.3, 0.4) is 0 Å². The van der Waals surface area contributed by atoms with E-state index in [-0.39, 0.29) is 48.2 Å². The van der Waals surface area contributed by atoms with E-state index in [2.05, 4.69) is 18.7 Å². The van der Waals surface area contributed by atoms with Crippen LogP contribution in [0.5, 0.6) is 0 Å². The van der Waals surface area contributed by atoms with Crippen molar-refractivity contribution in [3.63, 3.8) is 0 Å². The summed E-state index contributed by atoms with van der Waals surface area (Å²) in [4.78, 5) is 15.8. The minimum Gasteiger partial charge on any atom is -0.394 e. The number of hydrogen-bond donors (Lipinski definition) is 3. The van der Waals surface area contributed by atoms with Crippen LogP contribution in [0.4, 0.5) is 0 Å². The molecular formula is C28H47NO6. The maximum atomic E-state index is 13.6. The summed E-state index contributed by atoms with van der Waals surface area (Å²) in [7, 11) is 0. The predicted molar refractivity (Wildman–Crippen MR) is 132 cm³/mol. The van der Waals surface area contributed by atoms with Crippen molar-refractivity contribution in [3.8, 4) is 0 Å². The standard InChI is InChI=1S/C28H47NO6/c1-27-12-11-23(35-17-18(31)16-30)25(32)22(27)9-8-19-20(27)10-13-28(2)21(19)6-5-14-29(28)26(33)24-7-3-4-15-34-24/h18-25,30-32H,3-17H2,1-2H3/t18-,19-,20+,21+,22?,23+,24?,25-,27-,28+/m1/s1. The highest BCUT2D eigenvalue weighted by molar-refractivity contribution is 5.82. The zero-order chi connectivity index (χ0) is 24.8. The second kappa shape index (κ2) is 10.2. The van der Waals surface area contributed by atoms with Gasteiger partial charge in [-0.1, -0.05) is 6.92 Å². The molecule has 3 aliphatic carbocycles. The quantitative estimate of drug-likeness (QED) is 0.545. The summed E-state index contributed by atoms with van der Waals surface area (Å²) < 4.78 is 11.8. The fourth-order valence-electron chi connectivity index (χ4n) is 9.13. The second-order valence-electron chi connectivity index (χ2n) is 12.7. The van der Waals surface area contributed by atoms with Crippen molar-refractivity contribution in [2.75, 3.05) is 26.4 Å². The number of aliphatic hydroxyl groups is 3. The molecule has 3 N–H and O–H groups in total. The third-order valence-corrected chi connectivity index (χ3v) is 11.0. The Labute approximate surface area is 210 Å². The lowest BCUT2D eigenvalue weighted by atomic mass is 9.44. The van der Waals surface area contributed by atoms with Crippen molar-refractivity contribution in [1.82, 2.24) is 4.90 Å². The van der Waals surface area contributed by atoms with Crippen LogP contribution in [0.2, 0.25) is 0 Å².